The van der Waals surface area contributed by atoms with Crippen LogP contribution in [0.3, 0.4) is 0 Å². The minimum absolute atomic E-state index is 0.113. The summed E-state index contributed by atoms with van der Waals surface area (Å²) in [5, 5.41) is 16.5. The molecule has 0 aliphatic rings. The van der Waals surface area contributed by atoms with Gasteiger partial charge >= 0.3 is 0 Å². The number of nitrogens with one attached hydrogen (secondary N) is 2. The summed E-state index contributed by atoms with van der Waals surface area (Å²) >= 11 is 1.67. The van der Waals surface area contributed by atoms with Gasteiger partial charge in [0.1, 0.15) is 0 Å². The highest BCUT2D eigenvalue weighted by Gasteiger charge is 2.15. The Morgan fingerprint density at radius 2 is 1.91 bits per heavy atom. The van der Waals surface area contributed by atoms with E-state index in [1.54, 1.807) is 17.8 Å². The number of amides is 1. The first-order chi connectivity index (χ1) is 11.0. The maximum atomic E-state index is 11.9. The van der Waals surface area contributed by atoms with E-state index < -0.39 is 4.92 Å². The standard InChI is InChI=1S/C16H17N3O3S/c1-17-16(20)14-9-12(19(21)22)5-8-15(14)18-10-11-3-6-13(23-2)7-4-11/h3-9,18H,10H2,1-2H3,(H,17,20). The molecule has 120 valence electrons. The maximum absolute atomic E-state index is 11.9. The van der Waals surface area contributed by atoms with Gasteiger partial charge in [-0.1, -0.05) is 12.1 Å². The van der Waals surface area contributed by atoms with Gasteiger partial charge in [-0.2, -0.15) is 0 Å². The zero-order chi connectivity index (χ0) is 16.8. The molecule has 0 spiro atoms. The predicted octanol–water partition coefficient (Wildman–Crippen LogP) is 3.29. The molecule has 23 heavy (non-hydrogen) atoms. The normalized spacial score (nSPS) is 10.2. The van der Waals surface area contributed by atoms with Crippen LogP contribution >= 0.6 is 11.8 Å². The highest BCUT2D eigenvalue weighted by molar-refractivity contribution is 7.98. The fourth-order valence-electron chi connectivity index (χ4n) is 2.06. The molecule has 0 atom stereocenters. The molecule has 2 aromatic carbocycles. The van der Waals surface area contributed by atoms with Crippen molar-refractivity contribution >= 4 is 29.0 Å². The van der Waals surface area contributed by atoms with Gasteiger partial charge in [0.25, 0.3) is 11.6 Å². The van der Waals surface area contributed by atoms with Crippen LogP contribution in [0.15, 0.2) is 47.4 Å². The summed E-state index contributed by atoms with van der Waals surface area (Å²) in [5.41, 5.74) is 1.76. The zero-order valence-electron chi connectivity index (χ0n) is 12.8. The van der Waals surface area contributed by atoms with Crippen LogP contribution in [-0.2, 0) is 6.54 Å². The highest BCUT2D eigenvalue weighted by atomic mass is 32.2. The molecule has 0 heterocycles. The van der Waals surface area contributed by atoms with Crippen molar-refractivity contribution in [2.75, 3.05) is 18.6 Å². The second kappa shape index (κ2) is 7.64. The summed E-state index contributed by atoms with van der Waals surface area (Å²) < 4.78 is 0. The molecule has 7 heteroatoms. The number of rotatable bonds is 6. The van der Waals surface area contributed by atoms with Crippen molar-refractivity contribution in [2.45, 2.75) is 11.4 Å². The number of carbonyl (C=O) groups is 1. The molecule has 2 rings (SSSR count). The molecule has 0 aromatic heterocycles. The summed E-state index contributed by atoms with van der Waals surface area (Å²) in [6.45, 7) is 0.524. The van der Waals surface area contributed by atoms with E-state index in [1.165, 1.54) is 24.1 Å². The molecular formula is C16H17N3O3S. The van der Waals surface area contributed by atoms with Gasteiger partial charge in [0.05, 0.1) is 10.5 Å². The van der Waals surface area contributed by atoms with Crippen LogP contribution in [-0.4, -0.2) is 24.1 Å². The van der Waals surface area contributed by atoms with E-state index in [9.17, 15) is 14.9 Å². The lowest BCUT2D eigenvalue weighted by Gasteiger charge is -2.11. The lowest BCUT2D eigenvalue weighted by molar-refractivity contribution is -0.384. The predicted molar refractivity (Wildman–Crippen MR) is 92.0 cm³/mol. The summed E-state index contributed by atoms with van der Waals surface area (Å²) in [6, 6.07) is 12.3. The Hall–Kier alpha value is -2.54. The summed E-state index contributed by atoms with van der Waals surface area (Å²) in [7, 11) is 1.49. The molecular weight excluding hydrogens is 314 g/mol. The molecule has 1 amide bonds. The van der Waals surface area contributed by atoms with Crippen molar-refractivity contribution in [2.24, 2.45) is 0 Å². The molecule has 0 saturated carbocycles. The Balaban J connectivity index is 2.20. The SMILES string of the molecule is CNC(=O)c1cc([N+](=O)[O-])ccc1NCc1ccc(SC)cc1. The van der Waals surface area contributed by atoms with Crippen molar-refractivity contribution in [1.82, 2.24) is 5.32 Å². The highest BCUT2D eigenvalue weighted by Crippen LogP contribution is 2.23. The third kappa shape index (κ3) is 4.23. The number of thioether (sulfide) groups is 1. The van der Waals surface area contributed by atoms with Gasteiger partial charge < -0.3 is 10.6 Å². The number of non-ortho nitro benzene ring substituents is 1. The van der Waals surface area contributed by atoms with Crippen molar-refractivity contribution < 1.29 is 9.72 Å². The second-order valence-corrected chi connectivity index (χ2v) is 5.65. The average Bonchev–Trinajstić information content (AvgIpc) is 2.59. The summed E-state index contributed by atoms with van der Waals surface area (Å²) in [6.07, 6.45) is 2.01. The van der Waals surface area contributed by atoms with Gasteiger partial charge in [-0.15, -0.1) is 11.8 Å². The van der Waals surface area contributed by atoms with Crippen molar-refractivity contribution in [1.29, 1.82) is 0 Å². The van der Waals surface area contributed by atoms with Crippen LogP contribution in [0.4, 0.5) is 11.4 Å². The van der Waals surface area contributed by atoms with Crippen molar-refractivity contribution in [3.8, 4) is 0 Å². The summed E-state index contributed by atoms with van der Waals surface area (Å²) in [4.78, 5) is 23.5. The van der Waals surface area contributed by atoms with Crippen LogP contribution in [0.1, 0.15) is 15.9 Å². The van der Waals surface area contributed by atoms with Crippen LogP contribution in [0.5, 0.6) is 0 Å². The Morgan fingerprint density at radius 3 is 2.48 bits per heavy atom. The first kappa shape index (κ1) is 16.8. The van der Waals surface area contributed by atoms with E-state index in [0.717, 1.165) is 5.56 Å². The number of benzene rings is 2. The Bertz CT molecular complexity index is 717. The lowest BCUT2D eigenvalue weighted by Crippen LogP contribution is -2.20. The smallest absolute Gasteiger partial charge is 0.270 e. The van der Waals surface area contributed by atoms with Gasteiger partial charge in [0.2, 0.25) is 0 Å². The molecule has 0 bridgehead atoms. The van der Waals surface area contributed by atoms with Crippen LogP contribution in [0.2, 0.25) is 0 Å². The lowest BCUT2D eigenvalue weighted by atomic mass is 10.1. The molecule has 0 radical (unpaired) electrons. The number of hydrogen-bond donors (Lipinski definition) is 2. The van der Waals surface area contributed by atoms with Crippen LogP contribution < -0.4 is 10.6 Å². The van der Waals surface area contributed by atoms with E-state index in [0.29, 0.717) is 12.2 Å². The van der Waals surface area contributed by atoms with E-state index in [1.807, 2.05) is 30.5 Å². The van der Waals surface area contributed by atoms with E-state index in [-0.39, 0.29) is 17.2 Å². The van der Waals surface area contributed by atoms with Gasteiger partial charge in [-0.25, -0.2) is 0 Å². The molecule has 0 fully saturated rings. The zero-order valence-corrected chi connectivity index (χ0v) is 13.6. The van der Waals surface area contributed by atoms with Gasteiger partial charge in [0.15, 0.2) is 0 Å². The number of anilines is 1. The average molecular weight is 331 g/mol. The Kier molecular flexibility index (Phi) is 5.59. The molecule has 2 N–H and O–H groups in total. The Morgan fingerprint density at radius 1 is 1.22 bits per heavy atom. The molecule has 0 saturated heterocycles. The van der Waals surface area contributed by atoms with E-state index in [2.05, 4.69) is 10.6 Å². The minimum Gasteiger partial charge on any atom is -0.380 e. The van der Waals surface area contributed by atoms with Crippen LogP contribution in [0.25, 0.3) is 0 Å². The van der Waals surface area contributed by atoms with Crippen LogP contribution in [0, 0.1) is 10.1 Å². The minimum atomic E-state index is -0.517. The first-order valence-corrected chi connectivity index (χ1v) is 8.15. The topological polar surface area (TPSA) is 84.3 Å². The van der Waals surface area contributed by atoms with Gasteiger partial charge in [-0.05, 0) is 30.0 Å². The molecule has 0 aliphatic carbocycles. The number of hydrogen-bond acceptors (Lipinski definition) is 5. The second-order valence-electron chi connectivity index (χ2n) is 4.77. The van der Waals surface area contributed by atoms with E-state index in [4.69, 9.17) is 0 Å². The number of carbonyl (C=O) groups excluding carboxylic acids is 1. The molecule has 0 aliphatic heterocycles. The van der Waals surface area contributed by atoms with Crippen molar-refractivity contribution in [3.05, 3.63) is 63.7 Å². The van der Waals surface area contributed by atoms with Crippen molar-refractivity contribution in [3.63, 3.8) is 0 Å². The molecule has 6 nitrogen and oxygen atoms in total. The maximum Gasteiger partial charge on any atom is 0.270 e. The number of nitrogens with zero attached hydrogens (tertiary/aromatic N) is 1. The summed E-state index contributed by atoms with van der Waals surface area (Å²) in [5.74, 6) is -0.367. The number of nitro groups is 1. The third-order valence-corrected chi connectivity index (χ3v) is 4.07. The first-order valence-electron chi connectivity index (χ1n) is 6.92. The fourth-order valence-corrected chi connectivity index (χ4v) is 2.47. The van der Waals surface area contributed by atoms with Gasteiger partial charge in [-0.3, -0.25) is 14.9 Å². The monoisotopic (exact) mass is 331 g/mol. The quantitative estimate of drug-likeness (QED) is 0.482. The number of nitro benzene ring substituents is 1. The largest absolute Gasteiger partial charge is 0.380 e. The third-order valence-electron chi connectivity index (χ3n) is 3.33. The molecule has 0 unspecified atom stereocenters. The molecule has 2 aromatic rings. The van der Waals surface area contributed by atoms with E-state index >= 15 is 0 Å². The fraction of sp³-hybridized carbons (Fsp3) is 0.188. The van der Waals surface area contributed by atoms with Gasteiger partial charge in [0, 0.05) is 36.3 Å². The Labute approximate surface area is 138 Å².